The van der Waals surface area contributed by atoms with Gasteiger partial charge in [-0.25, -0.2) is 0 Å². The molecule has 34 heavy (non-hydrogen) atoms. The Morgan fingerprint density at radius 2 is 1.88 bits per heavy atom. The summed E-state index contributed by atoms with van der Waals surface area (Å²) in [7, 11) is 0. The molecule has 0 bridgehead atoms. The number of H-pyrrole nitrogens is 1. The third-order valence-corrected chi connectivity index (χ3v) is 7.76. The normalized spacial score (nSPS) is 15.6. The van der Waals surface area contributed by atoms with E-state index in [0.29, 0.717) is 18.7 Å². The molecule has 0 spiro atoms. The van der Waals surface area contributed by atoms with E-state index in [1.54, 1.807) is 16.3 Å². The first-order valence-electron chi connectivity index (χ1n) is 11.4. The topological polar surface area (TPSA) is 70.4 Å². The Morgan fingerprint density at radius 1 is 1.12 bits per heavy atom. The molecule has 1 atom stereocenters. The van der Waals surface area contributed by atoms with Crippen LogP contribution < -0.4 is 5.56 Å². The van der Waals surface area contributed by atoms with Gasteiger partial charge in [0.25, 0.3) is 5.56 Å². The number of aromatic hydroxyl groups is 1. The van der Waals surface area contributed by atoms with Gasteiger partial charge in [-0.05, 0) is 47.1 Å². The summed E-state index contributed by atoms with van der Waals surface area (Å²) in [6.07, 6.45) is 2.29. The molecule has 0 saturated heterocycles. The van der Waals surface area contributed by atoms with Crippen molar-refractivity contribution in [3.63, 3.8) is 0 Å². The number of aromatic amines is 1. The lowest BCUT2D eigenvalue weighted by molar-refractivity contribution is 0.398. The molecule has 0 amide bonds. The third-order valence-electron chi connectivity index (χ3n) is 6.13. The van der Waals surface area contributed by atoms with Crippen LogP contribution in [0.15, 0.2) is 81.4 Å². The van der Waals surface area contributed by atoms with Crippen LogP contribution in [0.25, 0.3) is 10.8 Å². The predicted molar refractivity (Wildman–Crippen MR) is 142 cm³/mol. The van der Waals surface area contributed by atoms with E-state index >= 15 is 0 Å². The summed E-state index contributed by atoms with van der Waals surface area (Å²) < 4.78 is 1.84. The maximum Gasteiger partial charge on any atom is 0.264 e. The number of hydrogen-bond acceptors (Lipinski definition) is 5. The van der Waals surface area contributed by atoms with Crippen molar-refractivity contribution in [3.05, 3.63) is 93.0 Å². The van der Waals surface area contributed by atoms with Gasteiger partial charge in [0.2, 0.25) is 5.88 Å². The van der Waals surface area contributed by atoms with Crippen molar-refractivity contribution in [2.24, 2.45) is 4.99 Å². The Hall–Kier alpha value is -3.16. The molecule has 2 N–H and O–H groups in total. The van der Waals surface area contributed by atoms with Gasteiger partial charge in [0.1, 0.15) is 5.56 Å². The number of fused-ring (bicyclic) bond motifs is 2. The highest BCUT2D eigenvalue weighted by Gasteiger charge is 2.27. The molecule has 1 aliphatic heterocycles. The molecule has 0 saturated carbocycles. The van der Waals surface area contributed by atoms with Crippen LogP contribution in [0.1, 0.15) is 42.6 Å². The summed E-state index contributed by atoms with van der Waals surface area (Å²) in [6.45, 7) is 2.61. The molecule has 1 aromatic heterocycles. The van der Waals surface area contributed by atoms with Crippen LogP contribution in [0.4, 0.5) is 5.69 Å². The van der Waals surface area contributed by atoms with Crippen LogP contribution in [-0.4, -0.2) is 20.4 Å². The average Bonchev–Trinajstić information content (AvgIpc) is 3.03. The largest absolute Gasteiger partial charge is 0.494 e. The summed E-state index contributed by atoms with van der Waals surface area (Å²) in [5, 5.41) is 13.6. The van der Waals surface area contributed by atoms with E-state index in [0.717, 1.165) is 23.4 Å². The fourth-order valence-electron chi connectivity index (χ4n) is 4.42. The van der Waals surface area contributed by atoms with Gasteiger partial charge in [-0.3, -0.25) is 19.3 Å². The minimum Gasteiger partial charge on any atom is -0.494 e. The van der Waals surface area contributed by atoms with Crippen LogP contribution in [0.2, 0.25) is 0 Å². The number of nitrogens with zero attached hydrogens (tertiary/aromatic N) is 2. The monoisotopic (exact) mass is 487 g/mol. The van der Waals surface area contributed by atoms with Gasteiger partial charge >= 0.3 is 0 Å². The number of benzene rings is 3. The molecule has 4 aromatic rings. The molecular formula is C27H25N3O2S2. The molecule has 0 radical (unpaired) electrons. The third kappa shape index (κ3) is 4.21. The van der Waals surface area contributed by atoms with Gasteiger partial charge in [0, 0.05) is 23.1 Å². The number of rotatable bonds is 5. The first-order valence-corrected chi connectivity index (χ1v) is 12.7. The van der Waals surface area contributed by atoms with Gasteiger partial charge in [0.05, 0.1) is 11.4 Å². The number of unbranched alkanes of at least 4 members (excludes halogenated alkanes) is 1. The number of aliphatic imine (C=N–C) groups is 1. The Labute approximate surface area is 207 Å². The summed E-state index contributed by atoms with van der Waals surface area (Å²) in [6, 6.07) is 22.6. The zero-order chi connectivity index (χ0) is 23.7. The highest BCUT2D eigenvalue weighted by Crippen LogP contribution is 2.47. The number of thioether (sulfide) groups is 1. The zero-order valence-electron chi connectivity index (χ0n) is 18.8. The van der Waals surface area contributed by atoms with Crippen molar-refractivity contribution in [1.82, 2.24) is 9.55 Å². The lowest BCUT2D eigenvalue weighted by Crippen LogP contribution is -2.24. The zero-order valence-corrected chi connectivity index (χ0v) is 20.5. The Morgan fingerprint density at radius 3 is 2.74 bits per heavy atom. The summed E-state index contributed by atoms with van der Waals surface area (Å²) in [5.74, 6) is -0.109. The predicted octanol–water partition coefficient (Wildman–Crippen LogP) is 6.92. The molecule has 1 aliphatic rings. The fourth-order valence-corrected chi connectivity index (χ4v) is 5.96. The number of nitrogens with one attached hydrogen (secondary N) is 1. The average molecular weight is 488 g/mol. The lowest BCUT2D eigenvalue weighted by Gasteiger charge is -2.19. The number of para-hydroxylation sites is 1. The molecular weight excluding hydrogens is 462 g/mol. The fraction of sp³-hybridized carbons (Fsp3) is 0.222. The highest BCUT2D eigenvalue weighted by molar-refractivity contribution is 7.99. The van der Waals surface area contributed by atoms with Gasteiger partial charge in [0.15, 0.2) is 4.77 Å². The van der Waals surface area contributed by atoms with Crippen LogP contribution in [0, 0.1) is 4.77 Å². The smallest absolute Gasteiger partial charge is 0.264 e. The van der Waals surface area contributed by atoms with Crippen molar-refractivity contribution >= 4 is 46.2 Å². The first-order chi connectivity index (χ1) is 16.6. The van der Waals surface area contributed by atoms with Crippen molar-refractivity contribution in [3.8, 4) is 5.88 Å². The maximum absolute atomic E-state index is 13.1. The van der Waals surface area contributed by atoms with Crippen LogP contribution in [-0.2, 0) is 6.54 Å². The Kier molecular flexibility index (Phi) is 6.39. The molecule has 2 heterocycles. The van der Waals surface area contributed by atoms with E-state index in [9.17, 15) is 9.90 Å². The second-order valence-corrected chi connectivity index (χ2v) is 10.00. The number of aromatic nitrogens is 2. The standard InChI is InChI=1S/C27H25N3O2S2/c1-2-3-15-30-26(32)24(25(31)29-27(30)33)21-16-23(34-22-14-7-6-13-20(22)28-21)19-12-8-10-17-9-4-5-11-18(17)19/h4-14,23,32H,2-3,15-16H2,1H3,(H,29,31,33). The van der Waals surface area contributed by atoms with Gasteiger partial charge in [-0.2, -0.15) is 0 Å². The Bertz CT molecular complexity index is 1520. The van der Waals surface area contributed by atoms with Crippen LogP contribution >= 0.6 is 24.0 Å². The molecule has 7 heteroatoms. The van der Waals surface area contributed by atoms with Crippen molar-refractivity contribution in [2.45, 2.75) is 42.9 Å². The summed E-state index contributed by atoms with van der Waals surface area (Å²) in [4.78, 5) is 21.8. The molecule has 1 unspecified atom stereocenters. The second-order valence-electron chi connectivity index (χ2n) is 8.37. The van der Waals surface area contributed by atoms with E-state index < -0.39 is 5.56 Å². The van der Waals surface area contributed by atoms with Crippen molar-refractivity contribution < 1.29 is 5.11 Å². The summed E-state index contributed by atoms with van der Waals surface area (Å²) in [5.41, 5.74) is 2.34. The summed E-state index contributed by atoms with van der Waals surface area (Å²) >= 11 is 7.09. The maximum atomic E-state index is 13.1. The minimum atomic E-state index is -0.407. The van der Waals surface area contributed by atoms with E-state index in [-0.39, 0.29) is 21.5 Å². The lowest BCUT2D eigenvalue weighted by atomic mass is 9.97. The molecule has 3 aromatic carbocycles. The molecule has 5 rings (SSSR count). The molecule has 5 nitrogen and oxygen atoms in total. The first kappa shape index (κ1) is 22.6. The number of hydrogen-bond donors (Lipinski definition) is 2. The quantitative estimate of drug-likeness (QED) is 0.300. The van der Waals surface area contributed by atoms with Crippen molar-refractivity contribution in [1.29, 1.82) is 0 Å². The SMILES string of the molecule is CCCCn1c(O)c(C2=Nc3ccccc3SC(c3cccc4ccccc34)C2)c(=O)[nH]c1=S. The van der Waals surface area contributed by atoms with Crippen LogP contribution in [0.5, 0.6) is 5.88 Å². The second kappa shape index (κ2) is 9.60. The van der Waals surface area contributed by atoms with E-state index in [1.165, 1.54) is 16.3 Å². The van der Waals surface area contributed by atoms with E-state index in [1.807, 2.05) is 30.3 Å². The van der Waals surface area contributed by atoms with Crippen molar-refractivity contribution in [2.75, 3.05) is 0 Å². The highest BCUT2D eigenvalue weighted by atomic mass is 32.2. The molecule has 0 aliphatic carbocycles. The minimum absolute atomic E-state index is 0.0135. The Balaban J connectivity index is 1.69. The van der Waals surface area contributed by atoms with E-state index in [2.05, 4.69) is 48.3 Å². The molecule has 172 valence electrons. The van der Waals surface area contributed by atoms with Crippen LogP contribution in [0.3, 0.4) is 0 Å². The van der Waals surface area contributed by atoms with Gasteiger partial charge in [-0.1, -0.05) is 67.9 Å². The van der Waals surface area contributed by atoms with Gasteiger partial charge < -0.3 is 5.11 Å². The molecule has 0 fully saturated rings. The van der Waals surface area contributed by atoms with Gasteiger partial charge in [-0.15, -0.1) is 11.8 Å². The van der Waals surface area contributed by atoms with E-state index in [4.69, 9.17) is 17.2 Å².